The van der Waals surface area contributed by atoms with E-state index in [1.54, 1.807) is 7.11 Å². The number of hydrogen-bond donors (Lipinski definition) is 0. The van der Waals surface area contributed by atoms with Crippen LogP contribution >= 0.6 is 0 Å². The summed E-state index contributed by atoms with van der Waals surface area (Å²) in [6, 6.07) is 15.6. The molecule has 3 aliphatic heterocycles. The molecule has 5 heteroatoms. The molecular formula is C29H39N3O2. The van der Waals surface area contributed by atoms with Crippen molar-refractivity contribution in [2.24, 2.45) is 0 Å². The first-order chi connectivity index (χ1) is 16.3. The Kier molecular flexibility index (Phi) is 6.09. The zero-order valence-electron chi connectivity index (χ0n) is 21.3. The van der Waals surface area contributed by atoms with Crippen LogP contribution in [0.25, 0.3) is 0 Å². The average Bonchev–Trinajstić information content (AvgIpc) is 3.47. The highest BCUT2D eigenvalue weighted by molar-refractivity contribution is 5.95. The molecule has 5 nitrogen and oxygen atoms in total. The van der Waals surface area contributed by atoms with Crippen LogP contribution in [0.2, 0.25) is 0 Å². The van der Waals surface area contributed by atoms with Gasteiger partial charge in [-0.25, -0.2) is 4.79 Å². The molecule has 0 aromatic heterocycles. The van der Waals surface area contributed by atoms with E-state index in [1.807, 2.05) is 11.0 Å². The van der Waals surface area contributed by atoms with Gasteiger partial charge in [-0.15, -0.1) is 0 Å². The van der Waals surface area contributed by atoms with Crippen molar-refractivity contribution in [3.05, 3.63) is 59.2 Å². The molecule has 34 heavy (non-hydrogen) atoms. The Bertz CT molecular complexity index is 1030. The Morgan fingerprint density at radius 3 is 2.26 bits per heavy atom. The van der Waals surface area contributed by atoms with Gasteiger partial charge in [-0.3, -0.25) is 9.80 Å². The Morgan fingerprint density at radius 1 is 0.971 bits per heavy atom. The molecule has 0 saturated carbocycles. The van der Waals surface area contributed by atoms with Gasteiger partial charge in [0.05, 0.1) is 7.11 Å². The number of nitrogens with zero attached hydrogens (tertiary/aromatic N) is 3. The number of piperidine rings is 1. The van der Waals surface area contributed by atoms with Gasteiger partial charge in [-0.1, -0.05) is 45.0 Å². The van der Waals surface area contributed by atoms with Gasteiger partial charge in [0.2, 0.25) is 0 Å². The highest BCUT2D eigenvalue weighted by Crippen LogP contribution is 2.48. The Hall–Kier alpha value is -2.53. The standard InChI is InChI=1S/C29H39N3O2/c1-28(2,3)23-9-7-22(8-10-23)20-30-17-13-29(14-18-30)21-32(27(33)31-15-5-6-16-31)26-12-11-24(34-4)19-25(26)29/h7-12,19H,5-6,13-18,20-21H2,1-4H3. The smallest absolute Gasteiger partial charge is 0.324 e. The number of ether oxygens (including phenoxy) is 1. The molecule has 182 valence electrons. The Balaban J connectivity index is 1.32. The third-order valence-electron chi connectivity index (χ3n) is 8.17. The molecule has 1 spiro atoms. The maximum Gasteiger partial charge on any atom is 0.324 e. The number of carbonyl (C=O) groups is 1. The summed E-state index contributed by atoms with van der Waals surface area (Å²) in [5.41, 5.74) is 5.35. The van der Waals surface area contributed by atoms with E-state index in [0.717, 1.165) is 76.4 Å². The van der Waals surface area contributed by atoms with E-state index in [4.69, 9.17) is 4.74 Å². The van der Waals surface area contributed by atoms with E-state index in [1.165, 1.54) is 16.7 Å². The molecule has 0 unspecified atom stereocenters. The fourth-order valence-corrected chi connectivity index (χ4v) is 5.96. The minimum atomic E-state index is 0.0197. The van der Waals surface area contributed by atoms with Crippen molar-refractivity contribution in [1.29, 1.82) is 0 Å². The summed E-state index contributed by atoms with van der Waals surface area (Å²) in [6.07, 6.45) is 4.37. The van der Waals surface area contributed by atoms with Gasteiger partial charge in [-0.2, -0.15) is 0 Å². The molecule has 2 amide bonds. The molecule has 0 bridgehead atoms. The molecule has 3 heterocycles. The Morgan fingerprint density at radius 2 is 1.65 bits per heavy atom. The summed E-state index contributed by atoms with van der Waals surface area (Å²) >= 11 is 0. The number of amides is 2. The number of anilines is 1. The number of hydrogen-bond acceptors (Lipinski definition) is 3. The van der Waals surface area contributed by atoms with Crippen molar-refractivity contribution in [1.82, 2.24) is 9.80 Å². The molecule has 3 aliphatic rings. The van der Waals surface area contributed by atoms with Crippen molar-refractivity contribution < 1.29 is 9.53 Å². The number of likely N-dealkylation sites (tertiary alicyclic amines) is 2. The van der Waals surface area contributed by atoms with Crippen molar-refractivity contribution in [2.75, 3.05) is 44.7 Å². The van der Waals surface area contributed by atoms with Crippen LogP contribution in [0, 0.1) is 0 Å². The number of carbonyl (C=O) groups excluding carboxylic acids is 1. The quantitative estimate of drug-likeness (QED) is 0.600. The Labute approximate surface area is 204 Å². The second-order valence-corrected chi connectivity index (χ2v) is 11.4. The predicted octanol–water partition coefficient (Wildman–Crippen LogP) is 5.56. The summed E-state index contributed by atoms with van der Waals surface area (Å²) in [6.45, 7) is 12.4. The van der Waals surface area contributed by atoms with E-state index in [9.17, 15) is 4.79 Å². The van der Waals surface area contributed by atoms with E-state index < -0.39 is 0 Å². The number of methoxy groups -OCH3 is 1. The summed E-state index contributed by atoms with van der Waals surface area (Å²) in [5, 5.41) is 0. The molecular weight excluding hydrogens is 422 g/mol. The highest BCUT2D eigenvalue weighted by Gasteiger charge is 2.47. The molecule has 2 aromatic rings. The molecule has 5 rings (SSSR count). The zero-order chi connectivity index (χ0) is 23.9. The maximum atomic E-state index is 13.4. The topological polar surface area (TPSA) is 36.0 Å². The lowest BCUT2D eigenvalue weighted by Crippen LogP contribution is -2.48. The van der Waals surface area contributed by atoms with Crippen LogP contribution in [-0.2, 0) is 17.4 Å². The lowest BCUT2D eigenvalue weighted by atomic mass is 9.74. The van der Waals surface area contributed by atoms with Gasteiger partial charge in [0.25, 0.3) is 0 Å². The van der Waals surface area contributed by atoms with Crippen molar-refractivity contribution in [3.63, 3.8) is 0 Å². The summed E-state index contributed by atoms with van der Waals surface area (Å²) in [7, 11) is 1.73. The molecule has 0 atom stereocenters. The number of benzene rings is 2. The lowest BCUT2D eigenvalue weighted by molar-refractivity contribution is 0.158. The third-order valence-corrected chi connectivity index (χ3v) is 8.17. The van der Waals surface area contributed by atoms with Crippen molar-refractivity contribution >= 4 is 11.7 Å². The van der Waals surface area contributed by atoms with Gasteiger partial charge in [-0.05, 0) is 79.1 Å². The third kappa shape index (κ3) is 4.31. The van der Waals surface area contributed by atoms with Gasteiger partial charge >= 0.3 is 6.03 Å². The summed E-state index contributed by atoms with van der Waals surface area (Å²) in [4.78, 5) is 20.1. The van der Waals surface area contributed by atoms with Crippen molar-refractivity contribution in [3.8, 4) is 5.75 Å². The first-order valence-electron chi connectivity index (χ1n) is 12.9. The van der Waals surface area contributed by atoms with Crippen molar-refractivity contribution in [2.45, 2.75) is 63.8 Å². The zero-order valence-corrected chi connectivity index (χ0v) is 21.3. The van der Waals surface area contributed by atoms with E-state index in [0.29, 0.717) is 0 Å². The molecule has 2 saturated heterocycles. The fraction of sp³-hybridized carbons (Fsp3) is 0.552. The molecule has 2 aromatic carbocycles. The SMILES string of the molecule is COc1ccc2c(c1)C1(CCN(Cc3ccc(C(C)(C)C)cc3)CC1)CN2C(=O)N1CCCC1. The average molecular weight is 462 g/mol. The second-order valence-electron chi connectivity index (χ2n) is 11.4. The molecule has 2 fully saturated rings. The van der Waals surface area contributed by atoms with Crippen LogP contribution in [-0.4, -0.2) is 55.7 Å². The molecule has 0 aliphatic carbocycles. The monoisotopic (exact) mass is 461 g/mol. The van der Waals surface area contributed by atoms with Crippen LogP contribution in [0.15, 0.2) is 42.5 Å². The van der Waals surface area contributed by atoms with E-state index in [2.05, 4.69) is 67.0 Å². The van der Waals surface area contributed by atoms with Crippen LogP contribution < -0.4 is 9.64 Å². The minimum Gasteiger partial charge on any atom is -0.497 e. The van der Waals surface area contributed by atoms with Gasteiger partial charge in [0.15, 0.2) is 0 Å². The number of rotatable bonds is 3. The first kappa shape index (κ1) is 23.2. The first-order valence-corrected chi connectivity index (χ1v) is 12.9. The van der Waals surface area contributed by atoms with Crippen LogP contribution in [0.1, 0.15) is 63.1 Å². The molecule has 0 N–H and O–H groups in total. The molecule has 0 radical (unpaired) electrons. The fourth-order valence-electron chi connectivity index (χ4n) is 5.96. The number of fused-ring (bicyclic) bond motifs is 2. The van der Waals surface area contributed by atoms with Crippen LogP contribution in [0.4, 0.5) is 10.5 Å². The minimum absolute atomic E-state index is 0.0197. The van der Waals surface area contributed by atoms with Crippen LogP contribution in [0.3, 0.4) is 0 Å². The normalized spacial score (nSPS) is 20.1. The number of urea groups is 1. The van der Waals surface area contributed by atoms with Gasteiger partial charge < -0.3 is 9.64 Å². The highest BCUT2D eigenvalue weighted by atomic mass is 16.5. The van der Waals surface area contributed by atoms with Gasteiger partial charge in [0, 0.05) is 37.3 Å². The van der Waals surface area contributed by atoms with E-state index >= 15 is 0 Å². The van der Waals surface area contributed by atoms with E-state index in [-0.39, 0.29) is 16.9 Å². The summed E-state index contributed by atoms with van der Waals surface area (Å²) < 4.78 is 5.58. The summed E-state index contributed by atoms with van der Waals surface area (Å²) in [5.74, 6) is 0.884. The predicted molar refractivity (Wildman–Crippen MR) is 138 cm³/mol. The maximum absolute atomic E-state index is 13.4. The van der Waals surface area contributed by atoms with Crippen LogP contribution in [0.5, 0.6) is 5.75 Å². The largest absolute Gasteiger partial charge is 0.497 e. The van der Waals surface area contributed by atoms with Gasteiger partial charge in [0.1, 0.15) is 5.75 Å². The lowest BCUT2D eigenvalue weighted by Gasteiger charge is -2.40. The second kappa shape index (κ2) is 8.92.